The van der Waals surface area contributed by atoms with Crippen molar-refractivity contribution in [3.8, 4) is 0 Å². The smallest absolute Gasteiger partial charge is 0.336 e. The van der Waals surface area contributed by atoms with Gasteiger partial charge >= 0.3 is 11.9 Å². The summed E-state index contributed by atoms with van der Waals surface area (Å²) in [6.45, 7) is 5.00. The maximum absolute atomic E-state index is 13.2. The molecule has 1 amide bonds. The first-order valence-corrected chi connectivity index (χ1v) is 12.6. The number of nitrogens with zero attached hydrogens (tertiary/aromatic N) is 2. The van der Waals surface area contributed by atoms with E-state index in [1.54, 1.807) is 32.0 Å². The predicted molar refractivity (Wildman–Crippen MR) is 135 cm³/mol. The zero-order valence-corrected chi connectivity index (χ0v) is 21.6. The van der Waals surface area contributed by atoms with E-state index in [2.05, 4.69) is 10.3 Å². The van der Waals surface area contributed by atoms with Crippen molar-refractivity contribution in [3.63, 3.8) is 0 Å². The summed E-state index contributed by atoms with van der Waals surface area (Å²) in [5.41, 5.74) is 2.16. The number of amides is 1. The van der Waals surface area contributed by atoms with Crippen LogP contribution >= 0.6 is 23.4 Å². The first-order chi connectivity index (χ1) is 16.3. The fourth-order valence-electron chi connectivity index (χ4n) is 3.64. The summed E-state index contributed by atoms with van der Waals surface area (Å²) in [5.74, 6) is -1.33. The molecule has 0 fully saturated rings. The molecule has 2 atom stereocenters. The molecule has 0 saturated carbocycles. The molecule has 2 unspecified atom stereocenters. The molecule has 1 aliphatic rings. The van der Waals surface area contributed by atoms with Crippen molar-refractivity contribution >= 4 is 47.4 Å². The quantitative estimate of drug-likeness (QED) is 0.248. The number of carbonyl (C=O) groups excluding carboxylic acids is 3. The average Bonchev–Trinajstić information content (AvgIpc) is 2.78. The first kappa shape index (κ1) is 27.9. The van der Waals surface area contributed by atoms with Gasteiger partial charge in [0.25, 0.3) is 0 Å². The minimum absolute atomic E-state index is 0.189. The van der Waals surface area contributed by atoms with Gasteiger partial charge in [-0.25, -0.2) is 4.79 Å². The number of likely N-dealkylation sites (N-methyl/N-ethyl adjacent to an activating group) is 1. The average molecular weight is 510 g/mol. The lowest BCUT2D eigenvalue weighted by atomic mass is 9.75. The van der Waals surface area contributed by atoms with Crippen molar-refractivity contribution < 1.29 is 23.9 Å². The number of halogens is 1. The molecule has 1 aromatic rings. The number of hydrogen-bond acceptors (Lipinski definition) is 8. The normalized spacial score (nSPS) is 17.9. The van der Waals surface area contributed by atoms with Crippen molar-refractivity contribution in [2.75, 3.05) is 51.9 Å². The minimum Gasteiger partial charge on any atom is -0.464 e. The van der Waals surface area contributed by atoms with E-state index in [0.29, 0.717) is 58.6 Å². The molecule has 1 heterocycles. The monoisotopic (exact) mass is 509 g/mol. The lowest BCUT2D eigenvalue weighted by Gasteiger charge is -2.32. The van der Waals surface area contributed by atoms with Crippen LogP contribution in [0, 0.1) is 5.92 Å². The molecule has 8 nitrogen and oxygen atoms in total. The molecule has 0 saturated heterocycles. The van der Waals surface area contributed by atoms with Crippen LogP contribution < -0.4 is 5.32 Å². The highest BCUT2D eigenvalue weighted by Crippen LogP contribution is 2.41. The molecule has 10 heteroatoms. The Labute approximate surface area is 210 Å². The van der Waals surface area contributed by atoms with Crippen molar-refractivity contribution in [2.45, 2.75) is 19.8 Å². The van der Waals surface area contributed by atoms with Crippen molar-refractivity contribution in [2.24, 2.45) is 10.9 Å². The number of carbonyl (C=O) groups is 3. The third-order valence-electron chi connectivity index (χ3n) is 5.17. The summed E-state index contributed by atoms with van der Waals surface area (Å²) >= 11 is 7.81. The Kier molecular flexibility index (Phi) is 11.6. The fraction of sp³-hybridized carbons (Fsp3) is 0.500. The number of thioether (sulfide) groups is 1. The molecule has 34 heavy (non-hydrogen) atoms. The molecule has 0 spiro atoms. The van der Waals surface area contributed by atoms with Gasteiger partial charge in [0.2, 0.25) is 6.41 Å². The van der Waals surface area contributed by atoms with E-state index >= 15 is 0 Å². The summed E-state index contributed by atoms with van der Waals surface area (Å²) in [7, 11) is 3.79. The van der Waals surface area contributed by atoms with Gasteiger partial charge in [-0.3, -0.25) is 14.6 Å². The second-order valence-corrected chi connectivity index (χ2v) is 9.48. The van der Waals surface area contributed by atoms with Crippen LogP contribution in [0.5, 0.6) is 0 Å². The summed E-state index contributed by atoms with van der Waals surface area (Å²) in [6.07, 6.45) is 0.647. The summed E-state index contributed by atoms with van der Waals surface area (Å²) in [5, 5.41) is 3.11. The molecule has 0 bridgehead atoms. The highest BCUT2D eigenvalue weighted by molar-refractivity contribution is 7.99. The van der Waals surface area contributed by atoms with Crippen LogP contribution in [0.1, 0.15) is 25.3 Å². The third kappa shape index (κ3) is 7.85. The Morgan fingerprint density at radius 1 is 1.29 bits per heavy atom. The number of hydrogen-bond donors (Lipinski definition) is 1. The van der Waals surface area contributed by atoms with Crippen LogP contribution in [0.4, 0.5) is 0 Å². The molecular weight excluding hydrogens is 478 g/mol. The molecular formula is C24H32ClN3O5S. The third-order valence-corrected chi connectivity index (χ3v) is 6.37. The molecule has 1 aliphatic heterocycles. The van der Waals surface area contributed by atoms with Gasteiger partial charge in [-0.15, -0.1) is 0 Å². The highest BCUT2D eigenvalue weighted by Gasteiger charge is 2.43. The zero-order chi connectivity index (χ0) is 25.1. The van der Waals surface area contributed by atoms with Gasteiger partial charge in [0.05, 0.1) is 17.9 Å². The van der Waals surface area contributed by atoms with Gasteiger partial charge in [0.1, 0.15) is 12.5 Å². The second-order valence-electron chi connectivity index (χ2n) is 7.94. The zero-order valence-electron chi connectivity index (χ0n) is 20.0. The Morgan fingerprint density at radius 3 is 2.71 bits per heavy atom. The lowest BCUT2D eigenvalue weighted by molar-refractivity contribution is -0.147. The van der Waals surface area contributed by atoms with Gasteiger partial charge in [0.15, 0.2) is 0 Å². The van der Waals surface area contributed by atoms with Crippen molar-refractivity contribution in [1.82, 2.24) is 10.2 Å². The molecule has 186 valence electrons. The molecule has 1 aromatic carbocycles. The number of rotatable bonds is 13. The Bertz CT molecular complexity index is 935. The summed E-state index contributed by atoms with van der Waals surface area (Å²) in [4.78, 5) is 43.5. The van der Waals surface area contributed by atoms with Crippen LogP contribution in [-0.4, -0.2) is 80.9 Å². The van der Waals surface area contributed by atoms with Crippen molar-refractivity contribution in [3.05, 3.63) is 46.1 Å². The molecule has 1 N–H and O–H groups in total. The van der Waals surface area contributed by atoms with E-state index in [1.165, 1.54) is 11.8 Å². The first-order valence-electron chi connectivity index (χ1n) is 11.1. The van der Waals surface area contributed by atoms with Crippen LogP contribution in [-0.2, 0) is 23.9 Å². The predicted octanol–water partition coefficient (Wildman–Crippen LogP) is 2.92. The van der Waals surface area contributed by atoms with Gasteiger partial charge in [0, 0.05) is 41.2 Å². The Balaban J connectivity index is 2.50. The van der Waals surface area contributed by atoms with Crippen LogP contribution in [0.15, 0.2) is 40.5 Å². The number of aliphatic imine (C=N–C) groups is 1. The Morgan fingerprint density at radius 2 is 2.06 bits per heavy atom. The van der Waals surface area contributed by atoms with Gasteiger partial charge in [-0.2, -0.15) is 11.8 Å². The van der Waals surface area contributed by atoms with Crippen LogP contribution in [0.25, 0.3) is 0 Å². The maximum atomic E-state index is 13.2. The van der Waals surface area contributed by atoms with Crippen molar-refractivity contribution in [1.29, 1.82) is 0 Å². The Hall–Kier alpha value is -2.36. The largest absolute Gasteiger partial charge is 0.464 e. The van der Waals surface area contributed by atoms with Gasteiger partial charge in [-0.05, 0) is 45.6 Å². The second kappa shape index (κ2) is 14.1. The van der Waals surface area contributed by atoms with E-state index < -0.39 is 23.8 Å². The van der Waals surface area contributed by atoms with E-state index in [-0.39, 0.29) is 13.2 Å². The van der Waals surface area contributed by atoms with E-state index in [1.807, 2.05) is 25.1 Å². The topological polar surface area (TPSA) is 97.3 Å². The molecule has 0 aromatic heterocycles. The highest BCUT2D eigenvalue weighted by atomic mass is 35.5. The van der Waals surface area contributed by atoms with Crippen LogP contribution in [0.2, 0.25) is 5.02 Å². The van der Waals surface area contributed by atoms with Crippen LogP contribution in [0.3, 0.4) is 0 Å². The molecule has 0 radical (unpaired) electrons. The van der Waals surface area contributed by atoms with E-state index in [4.69, 9.17) is 21.1 Å². The molecule has 0 aliphatic carbocycles. The number of esters is 2. The maximum Gasteiger partial charge on any atom is 0.336 e. The SMILES string of the molecule is CCOC(=O)C1=C(CSCCNC=O)N=C(C)C(C(=O)OCCN(C)C)C1c1cccc(Cl)c1. The summed E-state index contributed by atoms with van der Waals surface area (Å²) < 4.78 is 11.0. The molecule has 2 rings (SSSR count). The van der Waals surface area contributed by atoms with E-state index in [9.17, 15) is 14.4 Å². The standard InChI is InChI=1S/C24H32ClN3O5S/c1-5-32-24(31)22-19(14-34-12-9-26-15-29)27-16(2)20(23(30)33-11-10-28(3)4)21(22)17-7-6-8-18(25)13-17/h6-8,13,15,20-21H,5,9-12,14H2,1-4H3,(H,26,29). The number of ether oxygens (including phenoxy) is 2. The summed E-state index contributed by atoms with van der Waals surface area (Å²) in [6, 6.07) is 7.12. The fourth-order valence-corrected chi connectivity index (χ4v) is 4.66. The number of benzene rings is 1. The van der Waals surface area contributed by atoms with Gasteiger partial charge < -0.3 is 19.7 Å². The minimum atomic E-state index is -0.787. The number of nitrogens with one attached hydrogen (secondary N) is 1. The van der Waals surface area contributed by atoms with Gasteiger partial charge in [-0.1, -0.05) is 23.7 Å². The lowest BCUT2D eigenvalue weighted by Crippen LogP contribution is -2.38. The van der Waals surface area contributed by atoms with E-state index in [0.717, 1.165) is 0 Å².